The Labute approximate surface area is 69.7 Å². The number of nitrogens with zero attached hydrogens (tertiary/aromatic N) is 1. The van der Waals surface area contributed by atoms with Crippen molar-refractivity contribution in [3.8, 4) is 0 Å². The van der Waals surface area contributed by atoms with E-state index in [1.54, 1.807) is 0 Å². The van der Waals surface area contributed by atoms with Crippen molar-refractivity contribution < 1.29 is 4.79 Å². The van der Waals surface area contributed by atoms with Crippen molar-refractivity contribution in [1.29, 1.82) is 0 Å². The molecule has 58 valence electrons. The van der Waals surface area contributed by atoms with Gasteiger partial charge in [-0.1, -0.05) is 0 Å². The first-order valence-corrected chi connectivity index (χ1v) is 4.30. The van der Waals surface area contributed by atoms with E-state index in [2.05, 4.69) is 29.8 Å². The van der Waals surface area contributed by atoms with E-state index in [-0.39, 0.29) is 10.4 Å². The van der Waals surface area contributed by atoms with Crippen molar-refractivity contribution in [3.05, 3.63) is 0 Å². The van der Waals surface area contributed by atoms with E-state index < -0.39 is 0 Å². The van der Waals surface area contributed by atoms with E-state index in [1.165, 1.54) is 0 Å². The molecule has 1 aliphatic heterocycles. The first-order chi connectivity index (χ1) is 4.54. The molecule has 0 aromatic carbocycles. The van der Waals surface area contributed by atoms with Crippen LogP contribution in [0.2, 0.25) is 0 Å². The van der Waals surface area contributed by atoms with Crippen molar-refractivity contribution in [2.24, 2.45) is 0 Å². The lowest BCUT2D eigenvalue weighted by Crippen LogP contribution is -2.39. The number of carbonyl (C=O) groups excluding carboxylic acids is 1. The smallest absolute Gasteiger partial charge is 0.290 e. The molecule has 0 N–H and O–H groups in total. The minimum absolute atomic E-state index is 0.0231. The molecular weight excluding hydrogens is 194 g/mol. The van der Waals surface area contributed by atoms with Gasteiger partial charge in [0, 0.05) is 28.0 Å². The molecular formula is C7H12BrNO. The van der Waals surface area contributed by atoms with E-state index in [0.29, 0.717) is 0 Å². The lowest BCUT2D eigenvalue weighted by atomic mass is 10.0. The number of hydrogen-bond acceptors (Lipinski definition) is 1. The fourth-order valence-corrected chi connectivity index (χ4v) is 2.09. The van der Waals surface area contributed by atoms with Gasteiger partial charge in [-0.25, -0.2) is 0 Å². The third-order valence-electron chi connectivity index (χ3n) is 2.11. The third-order valence-corrected chi connectivity index (χ3v) is 2.54. The summed E-state index contributed by atoms with van der Waals surface area (Å²) in [5.74, 6) is 0. The van der Waals surface area contributed by atoms with Gasteiger partial charge < -0.3 is 4.90 Å². The molecule has 0 radical (unpaired) electrons. The second kappa shape index (κ2) is 2.53. The first-order valence-electron chi connectivity index (χ1n) is 3.51. The van der Waals surface area contributed by atoms with Gasteiger partial charge in [0.15, 0.2) is 0 Å². The zero-order chi connectivity index (χ0) is 7.78. The van der Waals surface area contributed by atoms with Gasteiger partial charge in [0.25, 0.3) is 4.82 Å². The Balaban J connectivity index is 2.68. The topological polar surface area (TPSA) is 20.3 Å². The Kier molecular flexibility index (Phi) is 2.04. The molecule has 0 aromatic rings. The van der Waals surface area contributed by atoms with E-state index in [9.17, 15) is 4.79 Å². The monoisotopic (exact) mass is 205 g/mol. The van der Waals surface area contributed by atoms with Crippen LogP contribution < -0.4 is 0 Å². The van der Waals surface area contributed by atoms with Gasteiger partial charge in [-0.3, -0.25) is 4.79 Å². The average Bonchev–Trinajstić information content (AvgIpc) is 2.08. The lowest BCUT2D eigenvalue weighted by Gasteiger charge is -2.29. The summed E-state index contributed by atoms with van der Waals surface area (Å²) in [5.41, 5.74) is 0.0700. The Bertz CT molecular complexity index is 156. The van der Waals surface area contributed by atoms with Crippen LogP contribution >= 0.6 is 15.9 Å². The van der Waals surface area contributed by atoms with Crippen LogP contribution in [0.15, 0.2) is 0 Å². The predicted molar refractivity (Wildman–Crippen MR) is 44.3 cm³/mol. The minimum atomic E-state index is 0.0231. The summed E-state index contributed by atoms with van der Waals surface area (Å²) in [5, 5.41) is 0. The standard InChI is InChI=1S/C7H12BrNO/c1-7(2)4-3-5-9(7)6(8)10/h3-5H2,1-2H3. The highest BCUT2D eigenvalue weighted by molar-refractivity contribution is 9.18. The summed E-state index contributed by atoms with van der Waals surface area (Å²) in [6.07, 6.45) is 2.24. The van der Waals surface area contributed by atoms with E-state index in [1.807, 2.05) is 4.90 Å². The molecule has 2 nitrogen and oxygen atoms in total. The van der Waals surface area contributed by atoms with Crippen LogP contribution in [-0.4, -0.2) is 21.8 Å². The van der Waals surface area contributed by atoms with Gasteiger partial charge in [0.2, 0.25) is 0 Å². The zero-order valence-electron chi connectivity index (χ0n) is 6.35. The number of halogens is 1. The summed E-state index contributed by atoms with van der Waals surface area (Å²) in [6.45, 7) is 5.09. The number of likely N-dealkylation sites (tertiary alicyclic amines) is 1. The van der Waals surface area contributed by atoms with Crippen LogP contribution in [0.25, 0.3) is 0 Å². The SMILES string of the molecule is CC1(C)CCCN1C(=O)Br. The molecule has 3 heteroatoms. The Morgan fingerprint density at radius 2 is 2.20 bits per heavy atom. The van der Waals surface area contributed by atoms with Crippen molar-refractivity contribution in [3.63, 3.8) is 0 Å². The molecule has 1 amide bonds. The summed E-state index contributed by atoms with van der Waals surface area (Å²) in [4.78, 5) is 12.8. The van der Waals surface area contributed by atoms with Crippen LogP contribution in [0.4, 0.5) is 4.79 Å². The average molecular weight is 206 g/mol. The van der Waals surface area contributed by atoms with Gasteiger partial charge in [-0.05, 0) is 26.7 Å². The number of hydrogen-bond donors (Lipinski definition) is 0. The van der Waals surface area contributed by atoms with Gasteiger partial charge >= 0.3 is 0 Å². The molecule has 0 spiro atoms. The normalized spacial score (nSPS) is 23.3. The zero-order valence-corrected chi connectivity index (χ0v) is 7.94. The van der Waals surface area contributed by atoms with Gasteiger partial charge in [-0.2, -0.15) is 0 Å². The molecule has 0 bridgehead atoms. The van der Waals surface area contributed by atoms with Gasteiger partial charge in [0.05, 0.1) is 0 Å². The largest absolute Gasteiger partial charge is 0.328 e. The molecule has 0 unspecified atom stereocenters. The van der Waals surface area contributed by atoms with Crippen molar-refractivity contribution >= 4 is 20.7 Å². The second-order valence-corrected chi connectivity index (χ2v) is 4.00. The van der Waals surface area contributed by atoms with Crippen LogP contribution in [0.3, 0.4) is 0 Å². The van der Waals surface area contributed by atoms with E-state index in [0.717, 1.165) is 19.4 Å². The van der Waals surface area contributed by atoms with Crippen LogP contribution in [0.5, 0.6) is 0 Å². The Morgan fingerprint density at radius 3 is 2.40 bits per heavy atom. The molecule has 0 saturated carbocycles. The predicted octanol–water partition coefficient (Wildman–Crippen LogP) is 2.38. The fourth-order valence-electron chi connectivity index (χ4n) is 1.43. The van der Waals surface area contributed by atoms with Crippen molar-refractivity contribution in [2.45, 2.75) is 32.2 Å². The molecule has 0 aliphatic carbocycles. The molecule has 1 aliphatic rings. The Hall–Kier alpha value is -0.0500. The van der Waals surface area contributed by atoms with Crippen LogP contribution in [0.1, 0.15) is 26.7 Å². The van der Waals surface area contributed by atoms with Crippen molar-refractivity contribution in [2.75, 3.05) is 6.54 Å². The molecule has 1 heterocycles. The number of carbonyl (C=O) groups is 1. The quantitative estimate of drug-likeness (QED) is 0.440. The summed E-state index contributed by atoms with van der Waals surface area (Å²) in [6, 6.07) is 0. The molecule has 0 atom stereocenters. The minimum Gasteiger partial charge on any atom is -0.328 e. The van der Waals surface area contributed by atoms with Crippen molar-refractivity contribution in [1.82, 2.24) is 4.90 Å². The Morgan fingerprint density at radius 1 is 1.60 bits per heavy atom. The molecule has 1 saturated heterocycles. The molecule has 1 rings (SSSR count). The van der Waals surface area contributed by atoms with E-state index >= 15 is 0 Å². The number of rotatable bonds is 0. The van der Waals surface area contributed by atoms with Gasteiger partial charge in [-0.15, -0.1) is 0 Å². The number of amides is 1. The third kappa shape index (κ3) is 1.34. The van der Waals surface area contributed by atoms with Crippen LogP contribution in [-0.2, 0) is 0 Å². The fraction of sp³-hybridized carbons (Fsp3) is 0.857. The highest BCUT2D eigenvalue weighted by Crippen LogP contribution is 2.29. The molecule has 1 fully saturated rings. The highest BCUT2D eigenvalue weighted by Gasteiger charge is 2.33. The van der Waals surface area contributed by atoms with Gasteiger partial charge in [0.1, 0.15) is 0 Å². The van der Waals surface area contributed by atoms with E-state index in [4.69, 9.17) is 0 Å². The maximum atomic E-state index is 10.9. The van der Waals surface area contributed by atoms with Crippen LogP contribution in [0, 0.1) is 0 Å². The molecule has 0 aromatic heterocycles. The lowest BCUT2D eigenvalue weighted by molar-refractivity contribution is 0.191. The summed E-state index contributed by atoms with van der Waals surface area (Å²) < 4.78 is 0. The summed E-state index contributed by atoms with van der Waals surface area (Å²) >= 11 is 2.96. The second-order valence-electron chi connectivity index (χ2n) is 3.32. The maximum absolute atomic E-state index is 10.9. The molecule has 10 heavy (non-hydrogen) atoms. The first kappa shape index (κ1) is 8.05. The summed E-state index contributed by atoms with van der Waals surface area (Å²) in [7, 11) is 0. The highest BCUT2D eigenvalue weighted by atomic mass is 79.9. The maximum Gasteiger partial charge on any atom is 0.290 e.